The van der Waals surface area contributed by atoms with Gasteiger partial charge in [-0.15, -0.1) is 0 Å². The van der Waals surface area contributed by atoms with Crippen molar-refractivity contribution in [1.82, 2.24) is 9.97 Å². The normalized spacial score (nSPS) is 9.94. The molecule has 1 aromatic rings. The van der Waals surface area contributed by atoms with Crippen molar-refractivity contribution in [3.8, 4) is 5.88 Å². The van der Waals surface area contributed by atoms with Gasteiger partial charge in [0.05, 0.1) is 13.2 Å². The SMILES string of the molecule is CCCOc1cc(C)nc(NCC(=O)OCC)n1. The van der Waals surface area contributed by atoms with Crippen molar-refractivity contribution in [2.24, 2.45) is 0 Å². The van der Waals surface area contributed by atoms with E-state index in [-0.39, 0.29) is 12.5 Å². The van der Waals surface area contributed by atoms with Gasteiger partial charge >= 0.3 is 5.97 Å². The summed E-state index contributed by atoms with van der Waals surface area (Å²) in [6.07, 6.45) is 0.911. The van der Waals surface area contributed by atoms with Crippen LogP contribution in [0.2, 0.25) is 0 Å². The lowest BCUT2D eigenvalue weighted by Crippen LogP contribution is -2.18. The van der Waals surface area contributed by atoms with E-state index >= 15 is 0 Å². The van der Waals surface area contributed by atoms with Crippen LogP contribution in [0.5, 0.6) is 5.88 Å². The van der Waals surface area contributed by atoms with Crippen LogP contribution in [0, 0.1) is 6.92 Å². The van der Waals surface area contributed by atoms with E-state index in [1.54, 1.807) is 13.0 Å². The first kappa shape index (κ1) is 14.2. The fraction of sp³-hybridized carbons (Fsp3) is 0.583. The number of hydrogen-bond donors (Lipinski definition) is 1. The summed E-state index contributed by atoms with van der Waals surface area (Å²) in [5.41, 5.74) is 0.780. The monoisotopic (exact) mass is 253 g/mol. The fourth-order valence-electron chi connectivity index (χ4n) is 1.26. The topological polar surface area (TPSA) is 73.3 Å². The minimum Gasteiger partial charge on any atom is -0.478 e. The minimum atomic E-state index is -0.335. The number of esters is 1. The summed E-state index contributed by atoms with van der Waals surface area (Å²) in [6, 6.07) is 1.76. The summed E-state index contributed by atoms with van der Waals surface area (Å²) in [7, 11) is 0. The molecule has 0 radical (unpaired) electrons. The van der Waals surface area contributed by atoms with Crippen LogP contribution < -0.4 is 10.1 Å². The molecule has 6 nitrogen and oxygen atoms in total. The van der Waals surface area contributed by atoms with Gasteiger partial charge in [-0.2, -0.15) is 4.98 Å². The van der Waals surface area contributed by atoms with E-state index < -0.39 is 0 Å². The van der Waals surface area contributed by atoms with Crippen molar-refractivity contribution in [3.63, 3.8) is 0 Å². The van der Waals surface area contributed by atoms with E-state index in [9.17, 15) is 4.79 Å². The highest BCUT2D eigenvalue weighted by Crippen LogP contribution is 2.11. The zero-order valence-electron chi connectivity index (χ0n) is 11.0. The number of aromatic nitrogens is 2. The number of aryl methyl sites for hydroxylation is 1. The van der Waals surface area contributed by atoms with Gasteiger partial charge in [0, 0.05) is 11.8 Å². The molecule has 1 heterocycles. The summed E-state index contributed by atoms with van der Waals surface area (Å²) >= 11 is 0. The predicted molar refractivity (Wildman–Crippen MR) is 67.7 cm³/mol. The minimum absolute atomic E-state index is 0.0461. The molecule has 18 heavy (non-hydrogen) atoms. The van der Waals surface area contributed by atoms with E-state index in [1.807, 2.05) is 13.8 Å². The zero-order valence-corrected chi connectivity index (χ0v) is 11.0. The van der Waals surface area contributed by atoms with Crippen molar-refractivity contribution < 1.29 is 14.3 Å². The molecule has 0 fully saturated rings. The second-order valence-corrected chi connectivity index (χ2v) is 3.68. The lowest BCUT2D eigenvalue weighted by molar-refractivity contribution is -0.140. The first-order chi connectivity index (χ1) is 8.65. The van der Waals surface area contributed by atoms with E-state index in [1.165, 1.54) is 0 Å². The summed E-state index contributed by atoms with van der Waals surface area (Å²) in [5, 5.41) is 2.81. The van der Waals surface area contributed by atoms with Crippen LogP contribution in [0.1, 0.15) is 26.0 Å². The van der Waals surface area contributed by atoms with Gasteiger partial charge in [-0.05, 0) is 20.3 Å². The van der Waals surface area contributed by atoms with Gasteiger partial charge in [0.15, 0.2) is 0 Å². The van der Waals surface area contributed by atoms with Crippen molar-refractivity contribution in [2.45, 2.75) is 27.2 Å². The number of carbonyl (C=O) groups excluding carboxylic acids is 1. The maximum absolute atomic E-state index is 11.2. The number of ether oxygens (including phenoxy) is 2. The van der Waals surface area contributed by atoms with Crippen LogP contribution in [-0.4, -0.2) is 35.7 Å². The Balaban J connectivity index is 2.59. The Hall–Kier alpha value is -1.85. The predicted octanol–water partition coefficient (Wildman–Crippen LogP) is 1.55. The molecule has 1 aromatic heterocycles. The molecule has 6 heteroatoms. The van der Waals surface area contributed by atoms with Crippen LogP contribution in [-0.2, 0) is 9.53 Å². The van der Waals surface area contributed by atoms with Gasteiger partial charge in [0.2, 0.25) is 11.8 Å². The molecule has 1 N–H and O–H groups in total. The van der Waals surface area contributed by atoms with Crippen molar-refractivity contribution in [3.05, 3.63) is 11.8 Å². The molecule has 0 saturated carbocycles. The van der Waals surface area contributed by atoms with E-state index in [0.29, 0.717) is 25.0 Å². The van der Waals surface area contributed by atoms with Gasteiger partial charge in [-0.3, -0.25) is 4.79 Å². The van der Waals surface area contributed by atoms with Crippen molar-refractivity contribution >= 4 is 11.9 Å². The Labute approximate surface area is 107 Å². The van der Waals surface area contributed by atoms with Gasteiger partial charge in [-0.1, -0.05) is 6.92 Å². The number of hydrogen-bond acceptors (Lipinski definition) is 6. The molecule has 1 rings (SSSR count). The molecule has 0 atom stereocenters. The second-order valence-electron chi connectivity index (χ2n) is 3.68. The summed E-state index contributed by atoms with van der Waals surface area (Å²) in [4.78, 5) is 19.5. The fourth-order valence-corrected chi connectivity index (χ4v) is 1.26. The summed E-state index contributed by atoms with van der Waals surface area (Å²) in [5.74, 6) is 0.545. The van der Waals surface area contributed by atoms with Crippen LogP contribution in [0.3, 0.4) is 0 Å². The average Bonchev–Trinajstić information content (AvgIpc) is 2.34. The summed E-state index contributed by atoms with van der Waals surface area (Å²) in [6.45, 7) is 6.64. The third kappa shape index (κ3) is 4.99. The standard InChI is InChI=1S/C12H19N3O3/c1-4-6-18-10-7-9(3)14-12(15-10)13-8-11(16)17-5-2/h7H,4-6,8H2,1-3H3,(H,13,14,15). The van der Waals surface area contributed by atoms with Gasteiger partial charge in [0.1, 0.15) is 6.54 Å². The van der Waals surface area contributed by atoms with Gasteiger partial charge < -0.3 is 14.8 Å². The highest BCUT2D eigenvalue weighted by Gasteiger charge is 2.06. The molecule has 0 bridgehead atoms. The molecule has 0 aliphatic rings. The van der Waals surface area contributed by atoms with Gasteiger partial charge in [-0.25, -0.2) is 4.98 Å². The van der Waals surface area contributed by atoms with Gasteiger partial charge in [0.25, 0.3) is 0 Å². The Morgan fingerprint density at radius 2 is 2.17 bits per heavy atom. The maximum Gasteiger partial charge on any atom is 0.325 e. The number of nitrogens with one attached hydrogen (secondary N) is 1. The Morgan fingerprint density at radius 1 is 1.39 bits per heavy atom. The molecule has 0 aromatic carbocycles. The maximum atomic E-state index is 11.2. The molecule has 0 amide bonds. The largest absolute Gasteiger partial charge is 0.478 e. The quantitative estimate of drug-likeness (QED) is 0.743. The van der Waals surface area contributed by atoms with Crippen LogP contribution in [0.4, 0.5) is 5.95 Å². The number of nitrogens with zero attached hydrogens (tertiary/aromatic N) is 2. The van der Waals surface area contributed by atoms with E-state index in [0.717, 1.165) is 12.1 Å². The molecular formula is C12H19N3O3. The first-order valence-corrected chi connectivity index (χ1v) is 6.03. The lowest BCUT2D eigenvalue weighted by Gasteiger charge is -2.08. The molecule has 0 unspecified atom stereocenters. The molecular weight excluding hydrogens is 234 g/mol. The Bertz CT molecular complexity index is 396. The van der Waals surface area contributed by atoms with E-state index in [2.05, 4.69) is 15.3 Å². The van der Waals surface area contributed by atoms with Crippen molar-refractivity contribution in [1.29, 1.82) is 0 Å². The molecule has 0 saturated heterocycles. The average molecular weight is 253 g/mol. The number of anilines is 1. The van der Waals surface area contributed by atoms with Crippen LogP contribution in [0.15, 0.2) is 6.07 Å². The summed E-state index contributed by atoms with van der Waals surface area (Å²) < 4.78 is 10.2. The molecule has 0 aliphatic carbocycles. The van der Waals surface area contributed by atoms with Crippen molar-refractivity contribution in [2.75, 3.05) is 25.1 Å². The highest BCUT2D eigenvalue weighted by molar-refractivity contribution is 5.74. The Morgan fingerprint density at radius 3 is 2.83 bits per heavy atom. The molecule has 0 aliphatic heterocycles. The Kier molecular flexibility index (Phi) is 5.90. The van der Waals surface area contributed by atoms with Crippen LogP contribution >= 0.6 is 0 Å². The zero-order chi connectivity index (χ0) is 13.4. The van der Waals surface area contributed by atoms with E-state index in [4.69, 9.17) is 9.47 Å². The number of rotatable bonds is 7. The second kappa shape index (κ2) is 7.47. The smallest absolute Gasteiger partial charge is 0.325 e. The third-order valence-corrected chi connectivity index (χ3v) is 1.98. The number of carbonyl (C=O) groups is 1. The first-order valence-electron chi connectivity index (χ1n) is 6.03. The van der Waals surface area contributed by atoms with Crippen LogP contribution in [0.25, 0.3) is 0 Å². The molecule has 100 valence electrons. The molecule has 0 spiro atoms. The third-order valence-electron chi connectivity index (χ3n) is 1.98. The highest BCUT2D eigenvalue weighted by atomic mass is 16.5. The lowest BCUT2D eigenvalue weighted by atomic mass is 10.4.